The first-order chi connectivity index (χ1) is 10.3. The monoisotopic (exact) mass is 315 g/mol. The Morgan fingerprint density at radius 2 is 2.05 bits per heavy atom. The Morgan fingerprint density at radius 3 is 2.76 bits per heavy atom. The summed E-state index contributed by atoms with van der Waals surface area (Å²) >= 11 is 3.00. The van der Waals surface area contributed by atoms with Gasteiger partial charge in [0.05, 0.1) is 0 Å². The lowest BCUT2D eigenvalue weighted by Gasteiger charge is -2.07. The first-order valence-electron chi connectivity index (χ1n) is 6.47. The second kappa shape index (κ2) is 6.64. The van der Waals surface area contributed by atoms with Gasteiger partial charge in [-0.15, -0.1) is 10.2 Å². The quantitative estimate of drug-likeness (QED) is 0.726. The number of nitrogens with one attached hydrogen (secondary N) is 1. The van der Waals surface area contributed by atoms with Gasteiger partial charge in [-0.3, -0.25) is 0 Å². The number of hydrogen-bond donors (Lipinski definition) is 1. The lowest BCUT2D eigenvalue weighted by molar-refractivity contribution is 0.999. The molecule has 0 atom stereocenters. The number of rotatable bonds is 5. The molecule has 2 heterocycles. The Labute approximate surface area is 130 Å². The summed E-state index contributed by atoms with van der Waals surface area (Å²) in [6, 6.07) is 11.9. The number of nitrogens with zero attached hydrogens (tertiary/aromatic N) is 4. The molecule has 0 amide bonds. The van der Waals surface area contributed by atoms with Gasteiger partial charge in [-0.1, -0.05) is 41.7 Å². The van der Waals surface area contributed by atoms with Crippen molar-refractivity contribution < 1.29 is 0 Å². The maximum Gasteiger partial charge on any atom is 0.180 e. The SMILES string of the molecule is CCNc1cc(Sc2nncs2)nc(-c2ccccc2)n1. The highest BCUT2D eigenvalue weighted by Crippen LogP contribution is 2.30. The molecular weight excluding hydrogens is 302 g/mol. The predicted octanol–water partition coefficient (Wildman–Crippen LogP) is 3.58. The Bertz CT molecular complexity index is 701. The van der Waals surface area contributed by atoms with E-state index in [0.717, 1.165) is 27.3 Å². The maximum atomic E-state index is 4.61. The normalized spacial score (nSPS) is 10.5. The van der Waals surface area contributed by atoms with Crippen molar-refractivity contribution in [2.45, 2.75) is 16.3 Å². The van der Waals surface area contributed by atoms with Crippen molar-refractivity contribution in [2.75, 3.05) is 11.9 Å². The summed E-state index contributed by atoms with van der Waals surface area (Å²) in [6.07, 6.45) is 0. The summed E-state index contributed by atoms with van der Waals surface area (Å²) in [6.45, 7) is 2.86. The van der Waals surface area contributed by atoms with E-state index in [1.807, 2.05) is 43.3 Å². The van der Waals surface area contributed by atoms with Crippen LogP contribution in [0.25, 0.3) is 11.4 Å². The average molecular weight is 315 g/mol. The fourth-order valence-corrected chi connectivity index (χ4v) is 3.19. The van der Waals surface area contributed by atoms with Crippen LogP contribution < -0.4 is 5.32 Å². The van der Waals surface area contributed by atoms with Gasteiger partial charge in [0.2, 0.25) is 0 Å². The zero-order valence-corrected chi connectivity index (χ0v) is 13.0. The van der Waals surface area contributed by atoms with Gasteiger partial charge in [-0.25, -0.2) is 9.97 Å². The maximum absolute atomic E-state index is 4.61. The van der Waals surface area contributed by atoms with E-state index >= 15 is 0 Å². The summed E-state index contributed by atoms with van der Waals surface area (Å²) < 4.78 is 0.871. The molecule has 0 saturated carbocycles. The van der Waals surface area contributed by atoms with E-state index in [-0.39, 0.29) is 0 Å². The summed E-state index contributed by atoms with van der Waals surface area (Å²) in [5.74, 6) is 1.53. The minimum atomic E-state index is 0.709. The summed E-state index contributed by atoms with van der Waals surface area (Å²) in [4.78, 5) is 9.17. The van der Waals surface area contributed by atoms with Gasteiger partial charge in [0.1, 0.15) is 16.4 Å². The van der Waals surface area contributed by atoms with Crippen LogP contribution in [0.15, 0.2) is 51.3 Å². The van der Waals surface area contributed by atoms with Gasteiger partial charge in [0, 0.05) is 18.2 Å². The third-order valence-corrected chi connectivity index (χ3v) is 4.32. The van der Waals surface area contributed by atoms with Crippen LogP contribution >= 0.6 is 23.1 Å². The van der Waals surface area contributed by atoms with E-state index < -0.39 is 0 Å². The highest BCUT2D eigenvalue weighted by molar-refractivity contribution is 8.00. The molecule has 3 rings (SSSR count). The standard InChI is InChI=1S/C14H13N5S2/c1-2-15-11-8-12(21-14-19-16-9-20-14)18-13(17-11)10-6-4-3-5-7-10/h3-9H,2H2,1H3,(H,15,17,18). The van der Waals surface area contributed by atoms with Crippen LogP contribution in [0.5, 0.6) is 0 Å². The van der Waals surface area contributed by atoms with Crippen molar-refractivity contribution in [3.63, 3.8) is 0 Å². The van der Waals surface area contributed by atoms with Crippen LogP contribution in [0, 0.1) is 0 Å². The minimum Gasteiger partial charge on any atom is -0.370 e. The fourth-order valence-electron chi connectivity index (χ4n) is 1.76. The van der Waals surface area contributed by atoms with E-state index in [1.54, 1.807) is 5.51 Å². The first kappa shape index (κ1) is 14.0. The van der Waals surface area contributed by atoms with Gasteiger partial charge in [0.15, 0.2) is 10.2 Å². The van der Waals surface area contributed by atoms with Gasteiger partial charge in [-0.2, -0.15) is 0 Å². The molecule has 0 aliphatic carbocycles. The topological polar surface area (TPSA) is 63.6 Å². The molecule has 106 valence electrons. The van der Waals surface area contributed by atoms with E-state index in [0.29, 0.717) is 5.82 Å². The third-order valence-electron chi connectivity index (χ3n) is 2.62. The molecule has 2 aromatic heterocycles. The minimum absolute atomic E-state index is 0.709. The fraction of sp³-hybridized carbons (Fsp3) is 0.143. The number of benzene rings is 1. The number of aromatic nitrogens is 4. The van der Waals surface area contributed by atoms with Crippen LogP contribution in [0.2, 0.25) is 0 Å². The van der Waals surface area contributed by atoms with Gasteiger partial charge in [-0.05, 0) is 18.7 Å². The molecule has 0 radical (unpaired) electrons. The molecule has 0 bridgehead atoms. The van der Waals surface area contributed by atoms with E-state index in [2.05, 4.69) is 25.5 Å². The van der Waals surface area contributed by atoms with Gasteiger partial charge in [0.25, 0.3) is 0 Å². The molecule has 5 nitrogen and oxygen atoms in total. The Morgan fingerprint density at radius 1 is 1.19 bits per heavy atom. The second-order valence-electron chi connectivity index (χ2n) is 4.12. The molecular formula is C14H13N5S2. The summed E-state index contributed by atoms with van der Waals surface area (Å²) in [5.41, 5.74) is 2.71. The lowest BCUT2D eigenvalue weighted by Crippen LogP contribution is -2.02. The zero-order chi connectivity index (χ0) is 14.5. The van der Waals surface area contributed by atoms with Crippen molar-refractivity contribution in [3.8, 4) is 11.4 Å². The van der Waals surface area contributed by atoms with Crippen LogP contribution in [0.4, 0.5) is 5.82 Å². The van der Waals surface area contributed by atoms with Gasteiger partial charge >= 0.3 is 0 Å². The first-order valence-corrected chi connectivity index (χ1v) is 8.17. The van der Waals surface area contributed by atoms with Crippen LogP contribution in [-0.2, 0) is 0 Å². The molecule has 0 unspecified atom stereocenters. The van der Waals surface area contributed by atoms with Gasteiger partial charge < -0.3 is 5.32 Å². The number of hydrogen-bond acceptors (Lipinski definition) is 7. The molecule has 1 aromatic carbocycles. The average Bonchev–Trinajstić information content (AvgIpc) is 3.01. The Hall–Kier alpha value is -1.99. The van der Waals surface area contributed by atoms with E-state index in [9.17, 15) is 0 Å². The molecule has 0 spiro atoms. The Balaban J connectivity index is 1.97. The molecule has 0 aliphatic heterocycles. The van der Waals surface area contributed by atoms with Crippen LogP contribution in [-0.4, -0.2) is 26.7 Å². The lowest BCUT2D eigenvalue weighted by atomic mass is 10.2. The van der Waals surface area contributed by atoms with E-state index in [4.69, 9.17) is 0 Å². The van der Waals surface area contributed by atoms with Crippen molar-refractivity contribution in [3.05, 3.63) is 41.9 Å². The molecule has 1 N–H and O–H groups in total. The molecule has 7 heteroatoms. The molecule has 0 fully saturated rings. The highest BCUT2D eigenvalue weighted by Gasteiger charge is 2.09. The molecule has 21 heavy (non-hydrogen) atoms. The zero-order valence-electron chi connectivity index (χ0n) is 11.4. The molecule has 0 aliphatic rings. The van der Waals surface area contributed by atoms with Crippen molar-refractivity contribution in [1.29, 1.82) is 0 Å². The van der Waals surface area contributed by atoms with Crippen LogP contribution in [0.1, 0.15) is 6.92 Å². The molecule has 3 aromatic rings. The van der Waals surface area contributed by atoms with E-state index in [1.165, 1.54) is 23.1 Å². The highest BCUT2D eigenvalue weighted by atomic mass is 32.2. The smallest absolute Gasteiger partial charge is 0.180 e. The van der Waals surface area contributed by atoms with Crippen molar-refractivity contribution in [1.82, 2.24) is 20.2 Å². The largest absolute Gasteiger partial charge is 0.370 e. The van der Waals surface area contributed by atoms with Crippen molar-refractivity contribution in [2.24, 2.45) is 0 Å². The summed E-state index contributed by atoms with van der Waals surface area (Å²) in [5, 5.41) is 12.0. The third kappa shape index (κ3) is 3.56. The Kier molecular flexibility index (Phi) is 4.42. The second-order valence-corrected chi connectivity index (χ2v) is 6.22. The molecule has 0 saturated heterocycles. The predicted molar refractivity (Wildman–Crippen MR) is 85.7 cm³/mol. The number of anilines is 1. The van der Waals surface area contributed by atoms with Crippen molar-refractivity contribution >= 4 is 28.9 Å². The van der Waals surface area contributed by atoms with Crippen LogP contribution in [0.3, 0.4) is 0 Å². The summed E-state index contributed by atoms with van der Waals surface area (Å²) in [7, 11) is 0.